The van der Waals surface area contributed by atoms with Crippen molar-refractivity contribution in [2.24, 2.45) is 0 Å². The van der Waals surface area contributed by atoms with Gasteiger partial charge in [-0.15, -0.1) is 0 Å². The molecule has 35 valence electrons. The normalized spacial score (nSPS) is 7.20. The van der Waals surface area contributed by atoms with Gasteiger partial charge in [0, 0.05) is 19.5 Å². The summed E-state index contributed by atoms with van der Waals surface area (Å²) in [5.41, 5.74) is 0. The summed E-state index contributed by atoms with van der Waals surface area (Å²) in [5, 5.41) is 7.97. The molecule has 0 aliphatic rings. The van der Waals surface area contributed by atoms with Gasteiger partial charge in [-0.25, -0.2) is 6.10 Å². The molecule has 0 amide bonds. The Morgan fingerprint density at radius 2 is 1.40 bits per heavy atom. The number of aliphatic hydroxyl groups is 1. The predicted octanol–water partition coefficient (Wildman–Crippen LogP) is 0.928. The molecule has 0 unspecified atom stereocenters. The smallest absolute Gasteiger partial charge is 0 e. The zero-order valence-corrected chi connectivity index (χ0v) is 4.92. The quantitative estimate of drug-likeness (QED) is 0.415. The van der Waals surface area contributed by atoms with Gasteiger partial charge in [0.2, 0.25) is 0 Å². The Balaban J connectivity index is 0. The maximum absolute atomic E-state index is 7.97. The van der Waals surface area contributed by atoms with Crippen LogP contribution >= 0.6 is 0 Å². The summed E-state index contributed by atoms with van der Waals surface area (Å²) in [6, 6.07) is 0. The second-order valence-electron chi connectivity index (χ2n) is 0.947. The van der Waals surface area contributed by atoms with Crippen LogP contribution in [0, 0.1) is 6.10 Å². The molecule has 0 saturated carbocycles. The number of hydrogen-bond donors (Lipinski definition) is 1. The molecule has 0 fully saturated rings. The number of hydrogen-bond acceptors (Lipinski definition) is 1. The van der Waals surface area contributed by atoms with Crippen molar-refractivity contribution < 1.29 is 24.6 Å². The summed E-state index contributed by atoms with van der Waals surface area (Å²) >= 11 is 0. The third-order valence-corrected chi connectivity index (χ3v) is 0. The van der Waals surface area contributed by atoms with E-state index in [4.69, 9.17) is 5.11 Å². The minimum atomic E-state index is 0. The SMILES string of the molecule is C[C-](C)O.[Rh]. The van der Waals surface area contributed by atoms with E-state index in [2.05, 4.69) is 0 Å². The molecule has 1 N–H and O–H groups in total. The standard InChI is InChI=1S/C3H7O.Rh/c1-3(2)4;/h4H,1-2H3;/q-1;. The fraction of sp³-hybridized carbons (Fsp3) is 0.667. The van der Waals surface area contributed by atoms with Crippen molar-refractivity contribution in [2.75, 3.05) is 0 Å². The first kappa shape index (κ1) is 9.13. The van der Waals surface area contributed by atoms with Crippen molar-refractivity contribution >= 4 is 0 Å². The van der Waals surface area contributed by atoms with Crippen LogP contribution in [-0.4, -0.2) is 5.11 Å². The average molecular weight is 162 g/mol. The van der Waals surface area contributed by atoms with Crippen molar-refractivity contribution in [2.45, 2.75) is 13.8 Å². The summed E-state index contributed by atoms with van der Waals surface area (Å²) in [6.45, 7) is 3.28. The molecule has 0 heterocycles. The van der Waals surface area contributed by atoms with Gasteiger partial charge in [0.15, 0.2) is 0 Å². The van der Waals surface area contributed by atoms with Gasteiger partial charge in [0.25, 0.3) is 0 Å². The van der Waals surface area contributed by atoms with Crippen molar-refractivity contribution in [3.8, 4) is 0 Å². The minimum absolute atomic E-state index is 0. The Bertz CT molecular complexity index is 11.6. The Labute approximate surface area is 45.1 Å². The molecule has 0 atom stereocenters. The molecule has 0 spiro atoms. The molecule has 0 aromatic rings. The average Bonchev–Trinajstić information content (AvgIpc) is 0.811. The van der Waals surface area contributed by atoms with Crippen LogP contribution in [0.2, 0.25) is 0 Å². The van der Waals surface area contributed by atoms with Crippen molar-refractivity contribution in [3.63, 3.8) is 0 Å². The zero-order valence-electron chi connectivity index (χ0n) is 3.28. The van der Waals surface area contributed by atoms with Crippen LogP contribution in [0.3, 0.4) is 0 Å². The van der Waals surface area contributed by atoms with E-state index < -0.39 is 0 Å². The molecule has 0 rings (SSSR count). The second kappa shape index (κ2) is 4.58. The van der Waals surface area contributed by atoms with Crippen LogP contribution in [0.5, 0.6) is 0 Å². The van der Waals surface area contributed by atoms with Crippen LogP contribution in [0.4, 0.5) is 0 Å². The van der Waals surface area contributed by atoms with Gasteiger partial charge in [0.05, 0.1) is 0 Å². The van der Waals surface area contributed by atoms with Gasteiger partial charge in [-0.3, -0.25) is 0 Å². The second-order valence-corrected chi connectivity index (χ2v) is 0.947. The Morgan fingerprint density at radius 3 is 1.40 bits per heavy atom. The fourth-order valence-corrected chi connectivity index (χ4v) is 0. The zero-order chi connectivity index (χ0) is 3.58. The Hall–Kier alpha value is 0.583. The van der Waals surface area contributed by atoms with Gasteiger partial charge < -0.3 is 5.11 Å². The van der Waals surface area contributed by atoms with Gasteiger partial charge in [-0.1, -0.05) is 0 Å². The maximum Gasteiger partial charge on any atom is 0 e. The Kier molecular flexibility index (Phi) is 8.37. The summed E-state index contributed by atoms with van der Waals surface area (Å²) in [4.78, 5) is 0. The molecular formula is C3H7ORh-. The third kappa shape index (κ3) is 89.9. The van der Waals surface area contributed by atoms with E-state index in [-0.39, 0.29) is 19.5 Å². The summed E-state index contributed by atoms with van der Waals surface area (Å²) in [5.74, 6) is 0. The molecule has 1 nitrogen and oxygen atoms in total. The van der Waals surface area contributed by atoms with Crippen molar-refractivity contribution in [1.82, 2.24) is 0 Å². The van der Waals surface area contributed by atoms with E-state index >= 15 is 0 Å². The molecule has 0 aromatic carbocycles. The van der Waals surface area contributed by atoms with Gasteiger partial charge in [-0.2, -0.15) is 13.8 Å². The van der Waals surface area contributed by atoms with Crippen molar-refractivity contribution in [3.05, 3.63) is 6.10 Å². The molecule has 0 bridgehead atoms. The van der Waals surface area contributed by atoms with E-state index in [9.17, 15) is 0 Å². The first-order valence-electron chi connectivity index (χ1n) is 1.22. The van der Waals surface area contributed by atoms with Crippen LogP contribution < -0.4 is 0 Å². The largest absolute Gasteiger partial charge is 0.563 e. The van der Waals surface area contributed by atoms with E-state index in [1.807, 2.05) is 0 Å². The van der Waals surface area contributed by atoms with E-state index in [0.29, 0.717) is 6.10 Å². The van der Waals surface area contributed by atoms with Gasteiger partial charge in [0.1, 0.15) is 0 Å². The van der Waals surface area contributed by atoms with Crippen molar-refractivity contribution in [1.29, 1.82) is 0 Å². The van der Waals surface area contributed by atoms with Crippen LogP contribution in [-0.2, 0) is 19.5 Å². The fourth-order valence-electron chi connectivity index (χ4n) is 0. The van der Waals surface area contributed by atoms with E-state index in [1.165, 1.54) is 0 Å². The molecule has 0 aliphatic heterocycles. The molecule has 5 heavy (non-hydrogen) atoms. The molecule has 0 aliphatic carbocycles. The predicted molar refractivity (Wildman–Crippen MR) is 16.5 cm³/mol. The van der Waals surface area contributed by atoms with Crippen LogP contribution in [0.15, 0.2) is 0 Å². The van der Waals surface area contributed by atoms with Gasteiger partial charge in [-0.05, 0) is 0 Å². The minimum Gasteiger partial charge on any atom is -0.563 e. The number of rotatable bonds is 0. The summed E-state index contributed by atoms with van der Waals surface area (Å²) in [6.07, 6.45) is 0.417. The molecule has 0 saturated heterocycles. The van der Waals surface area contributed by atoms with E-state index in [1.54, 1.807) is 13.8 Å². The summed E-state index contributed by atoms with van der Waals surface area (Å²) < 4.78 is 0. The topological polar surface area (TPSA) is 20.2 Å². The number of aliphatic hydroxyl groups excluding tert-OH is 1. The molecule has 1 radical (unpaired) electrons. The monoisotopic (exact) mass is 162 g/mol. The van der Waals surface area contributed by atoms with Crippen LogP contribution in [0.25, 0.3) is 0 Å². The van der Waals surface area contributed by atoms with Crippen LogP contribution in [0.1, 0.15) is 13.8 Å². The van der Waals surface area contributed by atoms with E-state index in [0.717, 1.165) is 0 Å². The molecular weight excluding hydrogens is 155 g/mol. The third-order valence-electron chi connectivity index (χ3n) is 0. The first-order chi connectivity index (χ1) is 1.73. The summed E-state index contributed by atoms with van der Waals surface area (Å²) in [7, 11) is 0. The maximum atomic E-state index is 7.97. The first-order valence-corrected chi connectivity index (χ1v) is 1.22. The van der Waals surface area contributed by atoms with Gasteiger partial charge >= 0.3 is 0 Å². The molecule has 2 heteroatoms. The Morgan fingerprint density at radius 1 is 1.40 bits per heavy atom. The molecule has 0 aromatic heterocycles.